The zero-order chi connectivity index (χ0) is 20.3. The molecule has 0 fully saturated rings. The van der Waals surface area contributed by atoms with Crippen LogP contribution in [0.4, 0.5) is 4.39 Å². The molecule has 0 saturated heterocycles. The molecule has 5 nitrogen and oxygen atoms in total. The smallest absolute Gasteiger partial charge is 0.267 e. The van der Waals surface area contributed by atoms with Gasteiger partial charge in [0.1, 0.15) is 11.4 Å². The summed E-state index contributed by atoms with van der Waals surface area (Å²) in [7, 11) is 0. The number of aromatic nitrogens is 2. The van der Waals surface area contributed by atoms with Crippen LogP contribution in [0.5, 0.6) is 0 Å². The second-order valence-corrected chi connectivity index (χ2v) is 7.22. The summed E-state index contributed by atoms with van der Waals surface area (Å²) in [5, 5.41) is 7.68. The molecule has 0 radical (unpaired) electrons. The van der Waals surface area contributed by atoms with Gasteiger partial charge in [-0.25, -0.2) is 9.07 Å². The number of halogens is 2. The van der Waals surface area contributed by atoms with Crippen LogP contribution in [0.3, 0.4) is 0 Å². The average molecular weight is 400 g/mol. The monoisotopic (exact) mass is 399 g/mol. The molecule has 0 aliphatic rings. The predicted molar refractivity (Wildman–Crippen MR) is 107 cm³/mol. The fourth-order valence-electron chi connectivity index (χ4n) is 2.72. The average Bonchev–Trinajstić information content (AvgIpc) is 2.68. The van der Waals surface area contributed by atoms with Crippen LogP contribution in [0.1, 0.15) is 19.4 Å². The third kappa shape index (κ3) is 4.12. The molecule has 1 aromatic heterocycles. The van der Waals surface area contributed by atoms with Crippen LogP contribution in [0.25, 0.3) is 11.3 Å². The number of nitrogens with zero attached hydrogens (tertiary/aromatic N) is 2. The first-order chi connectivity index (χ1) is 13.3. The number of carbonyl (C=O) groups excluding carboxylic acids is 1. The van der Waals surface area contributed by atoms with E-state index in [-0.39, 0.29) is 18.3 Å². The summed E-state index contributed by atoms with van der Waals surface area (Å²) in [6, 6.07) is 15.8. The van der Waals surface area contributed by atoms with Crippen LogP contribution in [-0.2, 0) is 16.9 Å². The van der Waals surface area contributed by atoms with E-state index in [0.29, 0.717) is 16.3 Å². The molecule has 0 atom stereocenters. The lowest BCUT2D eigenvalue weighted by Gasteiger charge is -2.25. The van der Waals surface area contributed by atoms with Gasteiger partial charge in [-0.2, -0.15) is 5.10 Å². The maximum atomic E-state index is 13.2. The second kappa shape index (κ2) is 7.94. The number of hydrogen-bond donors (Lipinski definition) is 1. The number of hydrogen-bond acceptors (Lipinski definition) is 3. The lowest BCUT2D eigenvalue weighted by molar-refractivity contribution is -0.129. The topological polar surface area (TPSA) is 64.0 Å². The molecule has 0 aliphatic heterocycles. The molecule has 0 aliphatic carbocycles. The Morgan fingerprint density at radius 3 is 2.46 bits per heavy atom. The highest BCUT2D eigenvalue weighted by molar-refractivity contribution is 6.31. The van der Waals surface area contributed by atoms with Crippen molar-refractivity contribution in [2.45, 2.75) is 25.9 Å². The Bertz CT molecular complexity index is 1060. The molecule has 0 saturated carbocycles. The highest BCUT2D eigenvalue weighted by Gasteiger charge is 2.32. The Morgan fingerprint density at radius 2 is 1.79 bits per heavy atom. The first-order valence-corrected chi connectivity index (χ1v) is 9.05. The standard InChI is InChI=1S/C21H19ClFN3O2/c1-21(2,20(28)24-13-15-5-3-4-6-17(15)22)26-19(27)12-11-18(25-26)14-7-9-16(23)10-8-14/h3-12H,13H2,1-2H3,(H,24,28). The van der Waals surface area contributed by atoms with E-state index < -0.39 is 11.1 Å². The lowest BCUT2D eigenvalue weighted by Crippen LogP contribution is -2.49. The molecule has 144 valence electrons. The van der Waals surface area contributed by atoms with E-state index in [0.717, 1.165) is 10.2 Å². The summed E-state index contributed by atoms with van der Waals surface area (Å²) in [5.41, 5.74) is 0.223. The van der Waals surface area contributed by atoms with Crippen molar-refractivity contribution < 1.29 is 9.18 Å². The molecule has 1 heterocycles. The minimum absolute atomic E-state index is 0.230. The summed E-state index contributed by atoms with van der Waals surface area (Å²) in [5.74, 6) is -0.741. The van der Waals surface area contributed by atoms with Gasteiger partial charge in [-0.3, -0.25) is 9.59 Å². The van der Waals surface area contributed by atoms with Crippen molar-refractivity contribution in [2.24, 2.45) is 0 Å². The van der Waals surface area contributed by atoms with Gasteiger partial charge in [-0.15, -0.1) is 0 Å². The molecule has 0 bridgehead atoms. The minimum Gasteiger partial charge on any atom is -0.350 e. The van der Waals surface area contributed by atoms with Crippen LogP contribution in [0, 0.1) is 5.82 Å². The van der Waals surface area contributed by atoms with E-state index in [2.05, 4.69) is 10.4 Å². The van der Waals surface area contributed by atoms with Gasteiger partial charge >= 0.3 is 0 Å². The SMILES string of the molecule is CC(C)(C(=O)NCc1ccccc1Cl)n1nc(-c2ccc(F)cc2)ccc1=O. The van der Waals surface area contributed by atoms with Crippen molar-refractivity contribution in [3.05, 3.63) is 87.4 Å². The zero-order valence-electron chi connectivity index (χ0n) is 15.4. The Hall–Kier alpha value is -2.99. The summed E-state index contributed by atoms with van der Waals surface area (Å²) in [6.45, 7) is 3.45. The number of carbonyl (C=O) groups is 1. The normalized spacial score (nSPS) is 11.3. The fourth-order valence-corrected chi connectivity index (χ4v) is 2.92. The summed E-state index contributed by atoms with van der Waals surface area (Å²) >= 11 is 6.12. The molecule has 2 aromatic carbocycles. The molecule has 3 rings (SSSR count). The molecule has 1 N–H and O–H groups in total. The van der Waals surface area contributed by atoms with Crippen molar-refractivity contribution in [1.29, 1.82) is 0 Å². The zero-order valence-corrected chi connectivity index (χ0v) is 16.2. The number of amides is 1. The highest BCUT2D eigenvalue weighted by atomic mass is 35.5. The van der Waals surface area contributed by atoms with E-state index in [9.17, 15) is 14.0 Å². The van der Waals surface area contributed by atoms with E-state index in [1.165, 1.54) is 18.2 Å². The molecule has 7 heteroatoms. The quantitative estimate of drug-likeness (QED) is 0.710. The summed E-state index contributed by atoms with van der Waals surface area (Å²) < 4.78 is 14.3. The Morgan fingerprint density at radius 1 is 1.11 bits per heavy atom. The molecular weight excluding hydrogens is 381 g/mol. The van der Waals surface area contributed by atoms with E-state index >= 15 is 0 Å². The number of nitrogens with one attached hydrogen (secondary N) is 1. The van der Waals surface area contributed by atoms with Gasteiger partial charge in [0.05, 0.1) is 5.69 Å². The molecule has 28 heavy (non-hydrogen) atoms. The first kappa shape index (κ1) is 19.8. The van der Waals surface area contributed by atoms with E-state index in [1.807, 2.05) is 18.2 Å². The molecule has 3 aromatic rings. The maximum absolute atomic E-state index is 13.2. The highest BCUT2D eigenvalue weighted by Crippen LogP contribution is 2.19. The van der Waals surface area contributed by atoms with Crippen molar-refractivity contribution in [3.63, 3.8) is 0 Å². The number of benzene rings is 2. The van der Waals surface area contributed by atoms with Crippen molar-refractivity contribution in [1.82, 2.24) is 15.1 Å². The largest absolute Gasteiger partial charge is 0.350 e. The minimum atomic E-state index is -1.24. The predicted octanol–water partition coefficient (Wildman–Crippen LogP) is 3.75. The molecule has 0 spiro atoms. The summed E-state index contributed by atoms with van der Waals surface area (Å²) in [4.78, 5) is 25.2. The first-order valence-electron chi connectivity index (χ1n) is 8.67. The molecular formula is C21H19ClFN3O2. The molecule has 1 amide bonds. The Labute approximate surface area is 166 Å². The van der Waals surface area contributed by atoms with Crippen molar-refractivity contribution >= 4 is 17.5 Å². The van der Waals surface area contributed by atoms with Gasteiger partial charge < -0.3 is 5.32 Å². The summed E-state index contributed by atoms with van der Waals surface area (Å²) in [6.07, 6.45) is 0. The van der Waals surface area contributed by atoms with E-state index in [4.69, 9.17) is 11.6 Å². The van der Waals surface area contributed by atoms with Gasteiger partial charge in [0.2, 0.25) is 5.91 Å². The van der Waals surface area contributed by atoms with Gasteiger partial charge in [-0.1, -0.05) is 29.8 Å². The van der Waals surface area contributed by atoms with Crippen LogP contribution in [-0.4, -0.2) is 15.7 Å². The van der Waals surface area contributed by atoms with Crippen molar-refractivity contribution in [2.75, 3.05) is 0 Å². The molecule has 0 unspecified atom stereocenters. The van der Waals surface area contributed by atoms with Gasteiger partial charge in [0, 0.05) is 23.2 Å². The number of rotatable bonds is 5. The Kier molecular flexibility index (Phi) is 5.61. The van der Waals surface area contributed by atoms with Gasteiger partial charge in [0.15, 0.2) is 0 Å². The second-order valence-electron chi connectivity index (χ2n) is 6.81. The van der Waals surface area contributed by atoms with Gasteiger partial charge in [0.25, 0.3) is 5.56 Å². The van der Waals surface area contributed by atoms with Crippen LogP contribution in [0.2, 0.25) is 5.02 Å². The van der Waals surface area contributed by atoms with Crippen LogP contribution < -0.4 is 10.9 Å². The Balaban J connectivity index is 1.86. The third-order valence-electron chi connectivity index (χ3n) is 4.42. The van der Waals surface area contributed by atoms with E-state index in [1.54, 1.807) is 38.1 Å². The third-order valence-corrected chi connectivity index (χ3v) is 4.79. The maximum Gasteiger partial charge on any atom is 0.267 e. The fraction of sp³-hybridized carbons (Fsp3) is 0.190. The van der Waals surface area contributed by atoms with Gasteiger partial charge in [-0.05, 0) is 55.8 Å². The van der Waals surface area contributed by atoms with Crippen LogP contribution >= 0.6 is 11.6 Å². The lowest BCUT2D eigenvalue weighted by atomic mass is 10.0. The van der Waals surface area contributed by atoms with Crippen molar-refractivity contribution in [3.8, 4) is 11.3 Å². The van der Waals surface area contributed by atoms with Crippen LogP contribution in [0.15, 0.2) is 65.5 Å².